The number of methoxy groups -OCH3 is 1. The summed E-state index contributed by atoms with van der Waals surface area (Å²) in [7, 11) is 1.36. The van der Waals surface area contributed by atoms with Crippen LogP contribution in [0.15, 0.2) is 29.4 Å². The Morgan fingerprint density at radius 1 is 1.33 bits per heavy atom. The molecule has 0 aliphatic carbocycles. The van der Waals surface area contributed by atoms with Crippen molar-refractivity contribution in [2.45, 2.75) is 5.16 Å². The van der Waals surface area contributed by atoms with E-state index in [-0.39, 0.29) is 28.9 Å². The molecule has 1 heterocycles. The van der Waals surface area contributed by atoms with Gasteiger partial charge in [0.15, 0.2) is 10.9 Å². The van der Waals surface area contributed by atoms with Gasteiger partial charge in [-0.25, -0.2) is 4.98 Å². The first kappa shape index (κ1) is 14.9. The summed E-state index contributed by atoms with van der Waals surface area (Å²) in [6, 6.07) is 5.70. The SMILES string of the molecule is COc1ccc(Oc2cc(N)nc(SC)n2)cc1[N+](=O)[O-]. The largest absolute Gasteiger partial charge is 0.490 e. The van der Waals surface area contributed by atoms with E-state index < -0.39 is 4.92 Å². The van der Waals surface area contributed by atoms with E-state index in [1.165, 1.54) is 37.1 Å². The fourth-order valence-electron chi connectivity index (χ4n) is 1.56. The number of hydrogen-bond donors (Lipinski definition) is 1. The number of benzene rings is 1. The second kappa shape index (κ2) is 6.27. The highest BCUT2D eigenvalue weighted by Crippen LogP contribution is 2.33. The van der Waals surface area contributed by atoms with Crippen LogP contribution in [-0.2, 0) is 0 Å². The molecule has 8 nitrogen and oxygen atoms in total. The molecule has 2 N–H and O–H groups in total. The number of nitrogen functional groups attached to an aromatic ring is 1. The molecule has 0 fully saturated rings. The van der Waals surface area contributed by atoms with Gasteiger partial charge in [0.25, 0.3) is 0 Å². The van der Waals surface area contributed by atoms with Crippen LogP contribution in [0.2, 0.25) is 0 Å². The monoisotopic (exact) mass is 308 g/mol. The average molecular weight is 308 g/mol. The van der Waals surface area contributed by atoms with Crippen molar-refractivity contribution in [2.75, 3.05) is 19.1 Å². The number of nitrogens with zero attached hydrogens (tertiary/aromatic N) is 3. The van der Waals surface area contributed by atoms with E-state index >= 15 is 0 Å². The van der Waals surface area contributed by atoms with Gasteiger partial charge in [-0.05, 0) is 18.4 Å². The number of nitro groups is 1. The average Bonchev–Trinajstić information content (AvgIpc) is 2.46. The van der Waals surface area contributed by atoms with E-state index in [0.717, 1.165) is 0 Å². The quantitative estimate of drug-likeness (QED) is 0.388. The maximum Gasteiger partial charge on any atom is 0.314 e. The van der Waals surface area contributed by atoms with Crippen molar-refractivity contribution in [3.05, 3.63) is 34.4 Å². The van der Waals surface area contributed by atoms with Gasteiger partial charge < -0.3 is 15.2 Å². The summed E-state index contributed by atoms with van der Waals surface area (Å²) in [5, 5.41) is 11.4. The lowest BCUT2D eigenvalue weighted by Crippen LogP contribution is -1.98. The number of ether oxygens (including phenoxy) is 2. The number of nitro benzene ring substituents is 1. The van der Waals surface area contributed by atoms with Crippen molar-refractivity contribution in [1.82, 2.24) is 9.97 Å². The molecule has 0 bridgehead atoms. The van der Waals surface area contributed by atoms with Gasteiger partial charge in [-0.1, -0.05) is 11.8 Å². The Hall–Kier alpha value is -2.55. The number of hydrogen-bond acceptors (Lipinski definition) is 8. The van der Waals surface area contributed by atoms with Gasteiger partial charge in [0.05, 0.1) is 18.1 Å². The first-order valence-electron chi connectivity index (χ1n) is 5.72. The molecule has 9 heteroatoms. The van der Waals surface area contributed by atoms with Crippen LogP contribution in [0.25, 0.3) is 0 Å². The first-order valence-corrected chi connectivity index (χ1v) is 6.94. The first-order chi connectivity index (χ1) is 10.0. The van der Waals surface area contributed by atoms with Crippen LogP contribution in [0, 0.1) is 10.1 Å². The summed E-state index contributed by atoms with van der Waals surface area (Å²) in [5.74, 6) is 0.880. The summed E-state index contributed by atoms with van der Waals surface area (Å²) in [6.07, 6.45) is 1.80. The topological polar surface area (TPSA) is 113 Å². The summed E-state index contributed by atoms with van der Waals surface area (Å²) < 4.78 is 10.4. The molecule has 2 aromatic rings. The molecule has 0 aliphatic rings. The third kappa shape index (κ3) is 3.51. The lowest BCUT2D eigenvalue weighted by molar-refractivity contribution is -0.385. The molecule has 0 saturated carbocycles. The molecule has 2 rings (SSSR count). The third-order valence-electron chi connectivity index (χ3n) is 2.45. The number of anilines is 1. The van der Waals surface area contributed by atoms with Crippen LogP contribution in [-0.4, -0.2) is 28.3 Å². The van der Waals surface area contributed by atoms with Crippen molar-refractivity contribution in [3.63, 3.8) is 0 Å². The Bertz CT molecular complexity index is 680. The van der Waals surface area contributed by atoms with Crippen LogP contribution in [0.1, 0.15) is 0 Å². The zero-order valence-corrected chi connectivity index (χ0v) is 12.1. The Morgan fingerprint density at radius 3 is 2.71 bits per heavy atom. The molecule has 0 amide bonds. The maximum absolute atomic E-state index is 11.0. The van der Waals surface area contributed by atoms with Crippen molar-refractivity contribution in [2.24, 2.45) is 0 Å². The highest BCUT2D eigenvalue weighted by molar-refractivity contribution is 7.98. The Morgan fingerprint density at radius 2 is 2.10 bits per heavy atom. The number of nitrogens with two attached hydrogens (primary N) is 1. The number of thioether (sulfide) groups is 1. The molecule has 21 heavy (non-hydrogen) atoms. The molecule has 0 saturated heterocycles. The van der Waals surface area contributed by atoms with Gasteiger partial charge >= 0.3 is 5.69 Å². The zero-order chi connectivity index (χ0) is 15.4. The van der Waals surface area contributed by atoms with Crippen LogP contribution < -0.4 is 15.2 Å². The summed E-state index contributed by atoms with van der Waals surface area (Å²) in [4.78, 5) is 18.5. The smallest absolute Gasteiger partial charge is 0.314 e. The van der Waals surface area contributed by atoms with Gasteiger partial charge in [-0.15, -0.1) is 0 Å². The maximum atomic E-state index is 11.0. The standard InChI is InChI=1S/C12H12N4O4S/c1-19-9-4-3-7(5-8(9)16(17)18)20-11-6-10(13)14-12(15-11)21-2/h3-6H,1-2H3,(H2,13,14,15). The predicted octanol–water partition coefficient (Wildman–Crippen LogP) is 2.49. The molecule has 1 aromatic heterocycles. The van der Waals surface area contributed by atoms with Gasteiger partial charge in [-0.2, -0.15) is 4.98 Å². The van der Waals surface area contributed by atoms with Crippen molar-refractivity contribution >= 4 is 23.3 Å². The molecule has 0 atom stereocenters. The summed E-state index contributed by atoms with van der Waals surface area (Å²) in [5.41, 5.74) is 5.45. The van der Waals surface area contributed by atoms with Gasteiger partial charge in [0.1, 0.15) is 11.6 Å². The van der Waals surface area contributed by atoms with Crippen molar-refractivity contribution < 1.29 is 14.4 Å². The second-order valence-electron chi connectivity index (χ2n) is 3.81. The minimum Gasteiger partial charge on any atom is -0.490 e. The van der Waals surface area contributed by atoms with E-state index in [1.807, 2.05) is 0 Å². The van der Waals surface area contributed by atoms with E-state index in [1.54, 1.807) is 12.3 Å². The Kier molecular flexibility index (Phi) is 4.43. The lowest BCUT2D eigenvalue weighted by Gasteiger charge is -2.08. The fraction of sp³-hybridized carbons (Fsp3) is 0.167. The van der Waals surface area contributed by atoms with Crippen LogP contribution in [0.4, 0.5) is 11.5 Å². The molecule has 1 aromatic carbocycles. The van der Waals surface area contributed by atoms with E-state index in [9.17, 15) is 10.1 Å². The highest BCUT2D eigenvalue weighted by Gasteiger charge is 2.16. The van der Waals surface area contributed by atoms with Crippen LogP contribution in [0.3, 0.4) is 0 Å². The van der Waals surface area contributed by atoms with E-state index in [4.69, 9.17) is 15.2 Å². The molecule has 0 aliphatic heterocycles. The molecular formula is C12H12N4O4S. The Balaban J connectivity index is 2.33. The molecule has 0 spiro atoms. The van der Waals surface area contributed by atoms with Gasteiger partial charge in [-0.3, -0.25) is 10.1 Å². The summed E-state index contributed by atoms with van der Waals surface area (Å²) in [6.45, 7) is 0. The lowest BCUT2D eigenvalue weighted by atomic mass is 10.3. The van der Waals surface area contributed by atoms with Gasteiger partial charge in [0, 0.05) is 6.07 Å². The van der Waals surface area contributed by atoms with Crippen molar-refractivity contribution in [1.29, 1.82) is 0 Å². The molecular weight excluding hydrogens is 296 g/mol. The highest BCUT2D eigenvalue weighted by atomic mass is 32.2. The predicted molar refractivity (Wildman–Crippen MR) is 77.9 cm³/mol. The Labute approximate surface area is 124 Å². The molecule has 0 radical (unpaired) electrons. The van der Waals surface area contributed by atoms with Gasteiger partial charge in [0.2, 0.25) is 5.88 Å². The van der Waals surface area contributed by atoms with Crippen LogP contribution in [0.5, 0.6) is 17.4 Å². The number of aromatic nitrogens is 2. The third-order valence-corrected chi connectivity index (χ3v) is 3.00. The van der Waals surface area contributed by atoms with E-state index in [2.05, 4.69) is 9.97 Å². The number of rotatable bonds is 5. The second-order valence-corrected chi connectivity index (χ2v) is 4.58. The molecule has 0 unspecified atom stereocenters. The normalized spacial score (nSPS) is 10.2. The minimum atomic E-state index is -0.548. The minimum absolute atomic E-state index is 0.152. The van der Waals surface area contributed by atoms with Crippen molar-refractivity contribution in [3.8, 4) is 17.4 Å². The fourth-order valence-corrected chi connectivity index (χ4v) is 1.94. The molecule has 110 valence electrons. The zero-order valence-electron chi connectivity index (χ0n) is 11.3. The summed E-state index contributed by atoms with van der Waals surface area (Å²) >= 11 is 1.31. The van der Waals surface area contributed by atoms with E-state index in [0.29, 0.717) is 5.16 Å². The van der Waals surface area contributed by atoms with Crippen LogP contribution >= 0.6 is 11.8 Å².